The lowest BCUT2D eigenvalue weighted by molar-refractivity contribution is 0.280. The fraction of sp³-hybridized carbons (Fsp3) is 0.538. The van der Waals surface area contributed by atoms with Crippen LogP contribution in [0.1, 0.15) is 44.2 Å². The predicted octanol–water partition coefficient (Wildman–Crippen LogP) is 3.09. The molecule has 2 heteroatoms. The second kappa shape index (κ2) is 5.76. The molecular formula is C13H20O2. The molecule has 0 saturated heterocycles. The standard InChI is InChI=1S/C13H20O2/c1-4-7-15-13-6-5-11(9-14)8-12(13)10(2)3/h5-6,8,10,14H,4,7,9H2,1-3H3. The van der Waals surface area contributed by atoms with Crippen molar-refractivity contribution in [1.29, 1.82) is 0 Å². The molecule has 0 saturated carbocycles. The van der Waals surface area contributed by atoms with Crippen LogP contribution in [0.25, 0.3) is 0 Å². The molecule has 2 nitrogen and oxygen atoms in total. The fourth-order valence-electron chi connectivity index (χ4n) is 1.49. The number of rotatable bonds is 5. The Labute approximate surface area is 91.9 Å². The molecule has 1 N–H and O–H groups in total. The second-order valence-electron chi connectivity index (χ2n) is 4.03. The topological polar surface area (TPSA) is 29.5 Å². The molecule has 0 atom stereocenters. The zero-order chi connectivity index (χ0) is 11.3. The van der Waals surface area contributed by atoms with Gasteiger partial charge in [-0.05, 0) is 35.6 Å². The van der Waals surface area contributed by atoms with E-state index in [1.165, 1.54) is 5.56 Å². The van der Waals surface area contributed by atoms with Gasteiger partial charge in [-0.25, -0.2) is 0 Å². The lowest BCUT2D eigenvalue weighted by Crippen LogP contribution is -2.01. The van der Waals surface area contributed by atoms with Gasteiger partial charge < -0.3 is 9.84 Å². The highest BCUT2D eigenvalue weighted by atomic mass is 16.5. The van der Waals surface area contributed by atoms with Crippen molar-refractivity contribution in [2.45, 2.75) is 39.7 Å². The second-order valence-corrected chi connectivity index (χ2v) is 4.03. The van der Waals surface area contributed by atoms with E-state index in [9.17, 15) is 0 Å². The first-order valence-corrected chi connectivity index (χ1v) is 5.55. The highest BCUT2D eigenvalue weighted by Gasteiger charge is 2.08. The van der Waals surface area contributed by atoms with Crippen molar-refractivity contribution in [1.82, 2.24) is 0 Å². The van der Waals surface area contributed by atoms with Gasteiger partial charge in [-0.3, -0.25) is 0 Å². The molecule has 84 valence electrons. The third-order valence-corrected chi connectivity index (χ3v) is 2.34. The summed E-state index contributed by atoms with van der Waals surface area (Å²) >= 11 is 0. The van der Waals surface area contributed by atoms with Crippen molar-refractivity contribution in [2.24, 2.45) is 0 Å². The molecule has 1 aromatic carbocycles. The van der Waals surface area contributed by atoms with E-state index in [2.05, 4.69) is 20.8 Å². The van der Waals surface area contributed by atoms with Crippen LogP contribution in [0, 0.1) is 0 Å². The van der Waals surface area contributed by atoms with E-state index >= 15 is 0 Å². The van der Waals surface area contributed by atoms with Gasteiger partial charge in [-0.15, -0.1) is 0 Å². The Balaban J connectivity index is 2.93. The maximum absolute atomic E-state index is 9.07. The number of ether oxygens (including phenoxy) is 1. The minimum atomic E-state index is 0.0910. The molecule has 0 fully saturated rings. The molecule has 0 amide bonds. The normalized spacial score (nSPS) is 10.7. The molecule has 0 aliphatic heterocycles. The van der Waals surface area contributed by atoms with E-state index in [1.807, 2.05) is 18.2 Å². The minimum absolute atomic E-state index is 0.0910. The predicted molar refractivity (Wildman–Crippen MR) is 62.2 cm³/mol. The molecule has 0 radical (unpaired) electrons. The zero-order valence-corrected chi connectivity index (χ0v) is 9.79. The molecular weight excluding hydrogens is 188 g/mol. The molecule has 1 rings (SSSR count). The summed E-state index contributed by atoms with van der Waals surface area (Å²) in [5.41, 5.74) is 2.12. The Morgan fingerprint density at radius 1 is 1.33 bits per heavy atom. The van der Waals surface area contributed by atoms with E-state index in [0.29, 0.717) is 5.92 Å². The summed E-state index contributed by atoms with van der Waals surface area (Å²) in [5.74, 6) is 1.37. The maximum Gasteiger partial charge on any atom is 0.122 e. The van der Waals surface area contributed by atoms with Gasteiger partial charge in [0.2, 0.25) is 0 Å². The van der Waals surface area contributed by atoms with Gasteiger partial charge in [0.15, 0.2) is 0 Å². The first-order valence-electron chi connectivity index (χ1n) is 5.55. The Bertz CT molecular complexity index is 305. The van der Waals surface area contributed by atoms with Crippen molar-refractivity contribution >= 4 is 0 Å². The molecule has 0 aliphatic carbocycles. The van der Waals surface area contributed by atoms with Crippen molar-refractivity contribution in [3.05, 3.63) is 29.3 Å². The highest BCUT2D eigenvalue weighted by Crippen LogP contribution is 2.27. The SMILES string of the molecule is CCCOc1ccc(CO)cc1C(C)C. The lowest BCUT2D eigenvalue weighted by atomic mass is 10.00. The van der Waals surface area contributed by atoms with Crippen LogP contribution in [0.4, 0.5) is 0 Å². The van der Waals surface area contributed by atoms with Gasteiger partial charge in [0.1, 0.15) is 5.75 Å². The number of benzene rings is 1. The number of hydrogen-bond donors (Lipinski definition) is 1. The molecule has 0 aliphatic rings. The Hall–Kier alpha value is -1.02. The average Bonchev–Trinajstić information content (AvgIpc) is 2.26. The number of aliphatic hydroxyl groups excluding tert-OH is 1. The van der Waals surface area contributed by atoms with Gasteiger partial charge >= 0.3 is 0 Å². The van der Waals surface area contributed by atoms with Gasteiger partial charge in [-0.2, -0.15) is 0 Å². The van der Waals surface area contributed by atoms with Gasteiger partial charge in [0.25, 0.3) is 0 Å². The largest absolute Gasteiger partial charge is 0.493 e. The van der Waals surface area contributed by atoms with E-state index in [4.69, 9.17) is 9.84 Å². The molecule has 0 unspecified atom stereocenters. The van der Waals surface area contributed by atoms with Crippen LogP contribution < -0.4 is 4.74 Å². The van der Waals surface area contributed by atoms with E-state index in [-0.39, 0.29) is 6.61 Å². The van der Waals surface area contributed by atoms with Crippen molar-refractivity contribution in [3.63, 3.8) is 0 Å². The Morgan fingerprint density at radius 2 is 2.07 bits per heavy atom. The summed E-state index contributed by atoms with van der Waals surface area (Å²) in [5, 5.41) is 9.07. The van der Waals surface area contributed by atoms with Gasteiger partial charge in [0, 0.05) is 0 Å². The minimum Gasteiger partial charge on any atom is -0.493 e. The molecule has 0 spiro atoms. The molecule has 15 heavy (non-hydrogen) atoms. The molecule has 0 aromatic heterocycles. The third-order valence-electron chi connectivity index (χ3n) is 2.34. The van der Waals surface area contributed by atoms with Crippen LogP contribution in [0.15, 0.2) is 18.2 Å². The third kappa shape index (κ3) is 3.24. The average molecular weight is 208 g/mol. The quantitative estimate of drug-likeness (QED) is 0.805. The zero-order valence-electron chi connectivity index (χ0n) is 9.79. The van der Waals surface area contributed by atoms with Crippen LogP contribution in [0.5, 0.6) is 5.75 Å². The van der Waals surface area contributed by atoms with E-state index in [1.54, 1.807) is 0 Å². The molecule has 1 aromatic rings. The monoisotopic (exact) mass is 208 g/mol. The van der Waals surface area contributed by atoms with Crippen LogP contribution in [-0.4, -0.2) is 11.7 Å². The van der Waals surface area contributed by atoms with Crippen molar-refractivity contribution in [3.8, 4) is 5.75 Å². The first-order chi connectivity index (χ1) is 7.19. The summed E-state index contributed by atoms with van der Waals surface area (Å²) in [6.07, 6.45) is 1.01. The number of hydrogen-bond acceptors (Lipinski definition) is 2. The lowest BCUT2D eigenvalue weighted by Gasteiger charge is -2.14. The number of aliphatic hydroxyl groups is 1. The van der Waals surface area contributed by atoms with Crippen LogP contribution >= 0.6 is 0 Å². The summed E-state index contributed by atoms with van der Waals surface area (Å²) in [4.78, 5) is 0. The first kappa shape index (κ1) is 12.1. The van der Waals surface area contributed by atoms with Crippen molar-refractivity contribution in [2.75, 3.05) is 6.61 Å². The molecule has 0 bridgehead atoms. The van der Waals surface area contributed by atoms with Crippen LogP contribution in [0.3, 0.4) is 0 Å². The summed E-state index contributed by atoms with van der Waals surface area (Å²) in [6, 6.07) is 5.89. The van der Waals surface area contributed by atoms with E-state index < -0.39 is 0 Å². The Morgan fingerprint density at radius 3 is 2.60 bits per heavy atom. The Kier molecular flexibility index (Phi) is 4.63. The highest BCUT2D eigenvalue weighted by molar-refractivity contribution is 5.39. The van der Waals surface area contributed by atoms with Gasteiger partial charge in [0.05, 0.1) is 13.2 Å². The van der Waals surface area contributed by atoms with Crippen molar-refractivity contribution < 1.29 is 9.84 Å². The molecule has 0 heterocycles. The maximum atomic E-state index is 9.07. The summed E-state index contributed by atoms with van der Waals surface area (Å²) in [7, 11) is 0. The van der Waals surface area contributed by atoms with Crippen LogP contribution in [0.2, 0.25) is 0 Å². The van der Waals surface area contributed by atoms with Crippen LogP contribution in [-0.2, 0) is 6.61 Å². The van der Waals surface area contributed by atoms with E-state index in [0.717, 1.165) is 24.3 Å². The van der Waals surface area contributed by atoms with Gasteiger partial charge in [-0.1, -0.05) is 26.8 Å². The smallest absolute Gasteiger partial charge is 0.122 e. The summed E-state index contributed by atoms with van der Waals surface area (Å²) in [6.45, 7) is 7.20. The fourth-order valence-corrected chi connectivity index (χ4v) is 1.49. The summed E-state index contributed by atoms with van der Waals surface area (Å²) < 4.78 is 5.67.